The van der Waals surface area contributed by atoms with Gasteiger partial charge in [0.2, 0.25) is 0 Å². The second kappa shape index (κ2) is 6.25. The largest absolute Gasteiger partial charge is 0.444 e. The lowest BCUT2D eigenvalue weighted by molar-refractivity contribution is 0.0635. The first kappa shape index (κ1) is 17.6. The van der Waals surface area contributed by atoms with Crippen LogP contribution in [0.5, 0.6) is 0 Å². The molecular weight excluding hydrogens is 339 g/mol. The maximum absolute atomic E-state index is 13.7. The zero-order valence-corrected chi connectivity index (χ0v) is 14.5. The highest BCUT2D eigenvalue weighted by Crippen LogP contribution is 2.34. The topological polar surface area (TPSA) is 75.7 Å². The molecule has 0 fully saturated rings. The number of carbonyl (C=O) groups is 3. The fourth-order valence-electron chi connectivity index (χ4n) is 2.62. The molecule has 0 spiro atoms. The molecule has 3 rings (SSSR count). The summed E-state index contributed by atoms with van der Waals surface area (Å²) in [4.78, 5) is 38.2. The van der Waals surface area contributed by atoms with E-state index >= 15 is 0 Å². The fourth-order valence-corrected chi connectivity index (χ4v) is 2.62. The highest BCUT2D eigenvalue weighted by molar-refractivity contribution is 6.35. The van der Waals surface area contributed by atoms with Crippen molar-refractivity contribution >= 4 is 29.3 Å². The van der Waals surface area contributed by atoms with Crippen molar-refractivity contribution in [1.82, 2.24) is 0 Å². The summed E-state index contributed by atoms with van der Waals surface area (Å²) < 4.78 is 18.9. The zero-order chi connectivity index (χ0) is 19.1. The Bertz CT molecular complexity index is 883. The molecule has 1 aliphatic rings. The smallest absolute Gasteiger partial charge is 0.412 e. The van der Waals surface area contributed by atoms with Crippen LogP contribution in [0.2, 0.25) is 0 Å². The summed E-state index contributed by atoms with van der Waals surface area (Å²) in [5, 5.41) is 2.41. The molecule has 7 heteroatoms. The van der Waals surface area contributed by atoms with Crippen molar-refractivity contribution in [3.8, 4) is 0 Å². The molecule has 26 heavy (non-hydrogen) atoms. The van der Waals surface area contributed by atoms with Gasteiger partial charge in [-0.2, -0.15) is 0 Å². The van der Waals surface area contributed by atoms with Crippen molar-refractivity contribution in [1.29, 1.82) is 0 Å². The summed E-state index contributed by atoms with van der Waals surface area (Å²) in [6, 6.07) is 9.79. The number of anilines is 2. The Kier molecular flexibility index (Phi) is 4.23. The second-order valence-corrected chi connectivity index (χ2v) is 6.78. The Hall–Kier alpha value is -3.22. The molecule has 1 heterocycles. The van der Waals surface area contributed by atoms with Gasteiger partial charge in [0.15, 0.2) is 0 Å². The molecule has 0 radical (unpaired) electrons. The molecule has 0 aliphatic carbocycles. The minimum absolute atomic E-state index is 0.0336. The number of ether oxygens (including phenoxy) is 1. The maximum Gasteiger partial charge on any atom is 0.412 e. The number of hydrogen-bond donors (Lipinski definition) is 1. The Morgan fingerprint density at radius 2 is 1.62 bits per heavy atom. The number of nitrogens with one attached hydrogen (secondary N) is 1. The van der Waals surface area contributed by atoms with E-state index < -0.39 is 29.3 Å². The number of benzene rings is 2. The van der Waals surface area contributed by atoms with E-state index in [2.05, 4.69) is 5.32 Å². The predicted octanol–water partition coefficient (Wildman–Crippen LogP) is 3.97. The lowest BCUT2D eigenvalue weighted by Gasteiger charge is -2.22. The number of fused-ring (bicyclic) bond motifs is 1. The lowest BCUT2D eigenvalue weighted by Crippen LogP contribution is -2.32. The van der Waals surface area contributed by atoms with Crippen LogP contribution < -0.4 is 10.2 Å². The van der Waals surface area contributed by atoms with E-state index in [0.29, 0.717) is 0 Å². The summed E-state index contributed by atoms with van der Waals surface area (Å²) >= 11 is 0. The summed E-state index contributed by atoms with van der Waals surface area (Å²) in [6.45, 7) is 5.05. The molecule has 0 unspecified atom stereocenters. The first-order valence-corrected chi connectivity index (χ1v) is 7.95. The van der Waals surface area contributed by atoms with Gasteiger partial charge in [0.25, 0.3) is 11.8 Å². The molecule has 3 amide bonds. The highest BCUT2D eigenvalue weighted by Gasteiger charge is 2.37. The van der Waals surface area contributed by atoms with E-state index in [0.717, 1.165) is 17.0 Å². The van der Waals surface area contributed by atoms with Crippen LogP contribution in [0.1, 0.15) is 41.5 Å². The zero-order valence-electron chi connectivity index (χ0n) is 14.5. The number of carbonyl (C=O) groups excluding carboxylic acids is 3. The van der Waals surface area contributed by atoms with Gasteiger partial charge in [0.05, 0.1) is 22.5 Å². The van der Waals surface area contributed by atoms with E-state index in [-0.39, 0.29) is 22.5 Å². The van der Waals surface area contributed by atoms with Crippen LogP contribution in [-0.4, -0.2) is 23.5 Å². The van der Waals surface area contributed by atoms with E-state index in [1.807, 2.05) is 0 Å². The molecule has 6 nitrogen and oxygen atoms in total. The Morgan fingerprint density at radius 3 is 2.15 bits per heavy atom. The standard InChI is InChI=1S/C19H17FN2O4/c1-19(2,3)26-18(25)21-14-10-11(20)8-9-15(14)22-16(23)12-6-4-5-7-13(12)17(22)24/h4-10H,1-3H3,(H,21,25). The van der Waals surface area contributed by atoms with Gasteiger partial charge in [0.1, 0.15) is 11.4 Å². The number of imide groups is 1. The van der Waals surface area contributed by atoms with Crippen molar-refractivity contribution in [3.63, 3.8) is 0 Å². The van der Waals surface area contributed by atoms with Crippen LogP contribution >= 0.6 is 0 Å². The van der Waals surface area contributed by atoms with Gasteiger partial charge in [-0.25, -0.2) is 14.1 Å². The molecular formula is C19H17FN2O4. The van der Waals surface area contributed by atoms with Gasteiger partial charge in [-0.15, -0.1) is 0 Å². The molecule has 1 aliphatic heterocycles. The predicted molar refractivity (Wildman–Crippen MR) is 93.8 cm³/mol. The molecule has 0 aromatic heterocycles. The van der Waals surface area contributed by atoms with Gasteiger partial charge in [-0.3, -0.25) is 14.9 Å². The third-order valence-corrected chi connectivity index (χ3v) is 3.63. The Labute approximate surface area is 149 Å². The van der Waals surface area contributed by atoms with Crippen molar-refractivity contribution in [3.05, 3.63) is 59.4 Å². The highest BCUT2D eigenvalue weighted by atomic mass is 19.1. The maximum atomic E-state index is 13.7. The minimum Gasteiger partial charge on any atom is -0.444 e. The average Bonchev–Trinajstić information content (AvgIpc) is 2.78. The van der Waals surface area contributed by atoms with Crippen LogP contribution in [0, 0.1) is 5.82 Å². The summed E-state index contributed by atoms with van der Waals surface area (Å²) in [7, 11) is 0. The first-order valence-electron chi connectivity index (χ1n) is 7.95. The van der Waals surface area contributed by atoms with Crippen LogP contribution in [0.3, 0.4) is 0 Å². The monoisotopic (exact) mass is 356 g/mol. The molecule has 0 bridgehead atoms. The second-order valence-electron chi connectivity index (χ2n) is 6.78. The molecule has 2 aromatic rings. The molecule has 134 valence electrons. The SMILES string of the molecule is CC(C)(C)OC(=O)Nc1cc(F)ccc1N1C(=O)c2ccccc2C1=O. The average molecular weight is 356 g/mol. The van der Waals surface area contributed by atoms with Gasteiger partial charge in [-0.05, 0) is 51.1 Å². The van der Waals surface area contributed by atoms with E-state index in [9.17, 15) is 18.8 Å². The summed E-state index contributed by atoms with van der Waals surface area (Å²) in [5.74, 6) is -1.70. The number of amides is 3. The number of hydrogen-bond acceptors (Lipinski definition) is 4. The van der Waals surface area contributed by atoms with Crippen LogP contribution in [0.4, 0.5) is 20.6 Å². The van der Waals surface area contributed by atoms with Crippen molar-refractivity contribution in [2.75, 3.05) is 10.2 Å². The van der Waals surface area contributed by atoms with Crippen molar-refractivity contribution < 1.29 is 23.5 Å². The van der Waals surface area contributed by atoms with E-state index in [1.165, 1.54) is 6.07 Å². The molecule has 2 aromatic carbocycles. The van der Waals surface area contributed by atoms with Gasteiger partial charge in [0, 0.05) is 0 Å². The minimum atomic E-state index is -0.819. The third kappa shape index (κ3) is 3.28. The van der Waals surface area contributed by atoms with Crippen LogP contribution in [-0.2, 0) is 4.74 Å². The lowest BCUT2D eigenvalue weighted by atomic mass is 10.1. The van der Waals surface area contributed by atoms with Gasteiger partial charge < -0.3 is 4.74 Å². The first-order chi connectivity index (χ1) is 12.2. The van der Waals surface area contributed by atoms with Gasteiger partial charge >= 0.3 is 6.09 Å². The number of nitrogens with zero attached hydrogens (tertiary/aromatic N) is 1. The summed E-state index contributed by atoms with van der Waals surface area (Å²) in [5.41, 5.74) is -0.208. The molecule has 1 N–H and O–H groups in total. The molecule has 0 saturated heterocycles. The fraction of sp³-hybridized carbons (Fsp3) is 0.211. The van der Waals surface area contributed by atoms with Crippen LogP contribution in [0.15, 0.2) is 42.5 Å². The van der Waals surface area contributed by atoms with Crippen molar-refractivity contribution in [2.45, 2.75) is 26.4 Å². The van der Waals surface area contributed by atoms with Crippen molar-refractivity contribution in [2.24, 2.45) is 0 Å². The molecule has 0 atom stereocenters. The summed E-state index contributed by atoms with van der Waals surface area (Å²) in [6.07, 6.45) is -0.819. The molecule has 0 saturated carbocycles. The van der Waals surface area contributed by atoms with Crippen LogP contribution in [0.25, 0.3) is 0 Å². The van der Waals surface area contributed by atoms with Gasteiger partial charge in [-0.1, -0.05) is 12.1 Å². The Balaban J connectivity index is 1.98. The third-order valence-electron chi connectivity index (χ3n) is 3.63. The number of rotatable bonds is 2. The number of halogens is 1. The normalized spacial score (nSPS) is 13.6. The Morgan fingerprint density at radius 1 is 1.04 bits per heavy atom. The van der Waals surface area contributed by atoms with E-state index in [4.69, 9.17) is 4.74 Å². The quantitative estimate of drug-likeness (QED) is 0.826. The van der Waals surface area contributed by atoms with E-state index in [1.54, 1.807) is 45.0 Å².